The summed E-state index contributed by atoms with van der Waals surface area (Å²) in [6.07, 6.45) is 0. The molecule has 5 aromatic rings. The number of halogens is 2. The zero-order valence-electron chi connectivity index (χ0n) is 19.1. The standard InChI is InChI=1S/C29H18Cl2N2O4/c30-20-9-14-23(25(31)16-20)28(35)33-22-12-10-21(11-13-22)32-27(34)18-7-5-17(6-8-18)24-15-19-3-1-2-4-26(19)37-29(24)36/h1-16H,(H,32,34)(H,33,35). The lowest BCUT2D eigenvalue weighted by molar-refractivity contribution is 0.101. The molecule has 5 rings (SSSR count). The summed E-state index contributed by atoms with van der Waals surface area (Å²) < 4.78 is 5.40. The predicted molar refractivity (Wildman–Crippen MR) is 147 cm³/mol. The number of nitrogens with one attached hydrogen (secondary N) is 2. The topological polar surface area (TPSA) is 88.4 Å². The van der Waals surface area contributed by atoms with Crippen LogP contribution in [-0.4, -0.2) is 11.8 Å². The van der Waals surface area contributed by atoms with Crippen molar-refractivity contribution in [3.05, 3.63) is 129 Å². The highest BCUT2D eigenvalue weighted by molar-refractivity contribution is 6.37. The maximum atomic E-state index is 12.7. The fraction of sp³-hybridized carbons (Fsp3) is 0. The molecule has 2 N–H and O–H groups in total. The molecule has 0 saturated carbocycles. The van der Waals surface area contributed by atoms with Gasteiger partial charge in [0.1, 0.15) is 5.58 Å². The first-order chi connectivity index (χ1) is 17.9. The van der Waals surface area contributed by atoms with Crippen LogP contribution in [-0.2, 0) is 0 Å². The van der Waals surface area contributed by atoms with Crippen LogP contribution in [0, 0.1) is 0 Å². The molecule has 6 nitrogen and oxygen atoms in total. The number of amides is 2. The van der Waals surface area contributed by atoms with Gasteiger partial charge >= 0.3 is 5.63 Å². The molecule has 0 aliphatic heterocycles. The molecule has 0 saturated heterocycles. The van der Waals surface area contributed by atoms with Crippen LogP contribution in [0.1, 0.15) is 20.7 Å². The van der Waals surface area contributed by atoms with E-state index in [1.165, 1.54) is 6.07 Å². The van der Waals surface area contributed by atoms with Gasteiger partial charge in [-0.1, -0.05) is 53.5 Å². The average Bonchev–Trinajstić information content (AvgIpc) is 2.89. The zero-order valence-corrected chi connectivity index (χ0v) is 20.6. The van der Waals surface area contributed by atoms with Gasteiger partial charge in [0.15, 0.2) is 0 Å². The Balaban J connectivity index is 1.25. The number of carbonyl (C=O) groups excluding carboxylic acids is 2. The number of rotatable bonds is 5. The quantitative estimate of drug-likeness (QED) is 0.235. The monoisotopic (exact) mass is 528 g/mol. The van der Waals surface area contributed by atoms with Gasteiger partial charge in [-0.05, 0) is 72.3 Å². The van der Waals surface area contributed by atoms with Crippen molar-refractivity contribution in [1.82, 2.24) is 0 Å². The fourth-order valence-electron chi connectivity index (χ4n) is 3.78. The summed E-state index contributed by atoms with van der Waals surface area (Å²) in [7, 11) is 0. The van der Waals surface area contributed by atoms with E-state index in [0.29, 0.717) is 44.2 Å². The van der Waals surface area contributed by atoms with Crippen LogP contribution in [0.4, 0.5) is 11.4 Å². The number of carbonyl (C=O) groups is 2. The number of benzene rings is 4. The van der Waals surface area contributed by atoms with Gasteiger partial charge < -0.3 is 15.1 Å². The Hall–Kier alpha value is -4.39. The van der Waals surface area contributed by atoms with Crippen LogP contribution in [0.2, 0.25) is 10.0 Å². The molecule has 1 heterocycles. The molecule has 2 amide bonds. The van der Waals surface area contributed by atoms with Crippen molar-refractivity contribution >= 4 is 57.4 Å². The Bertz CT molecular complexity index is 1690. The van der Waals surface area contributed by atoms with Gasteiger partial charge in [-0.2, -0.15) is 0 Å². The fourth-order valence-corrected chi connectivity index (χ4v) is 4.27. The summed E-state index contributed by atoms with van der Waals surface area (Å²) in [5, 5.41) is 7.07. The Morgan fingerprint density at radius 3 is 2.03 bits per heavy atom. The molecule has 0 fully saturated rings. The van der Waals surface area contributed by atoms with E-state index < -0.39 is 5.63 Å². The van der Waals surface area contributed by atoms with Crippen molar-refractivity contribution in [1.29, 1.82) is 0 Å². The van der Waals surface area contributed by atoms with Gasteiger partial charge in [-0.15, -0.1) is 0 Å². The Kier molecular flexibility index (Phi) is 6.77. The summed E-state index contributed by atoms with van der Waals surface area (Å²) >= 11 is 12.0. The number of para-hydroxylation sites is 1. The Morgan fingerprint density at radius 1 is 0.703 bits per heavy atom. The highest BCUT2D eigenvalue weighted by atomic mass is 35.5. The van der Waals surface area contributed by atoms with Crippen LogP contribution in [0.15, 0.2) is 106 Å². The average molecular weight is 529 g/mol. The molecule has 0 unspecified atom stereocenters. The molecule has 0 aliphatic rings. The molecule has 0 atom stereocenters. The van der Waals surface area contributed by atoms with Crippen molar-refractivity contribution in [3.8, 4) is 11.1 Å². The predicted octanol–water partition coefficient (Wildman–Crippen LogP) is 7.27. The highest BCUT2D eigenvalue weighted by Gasteiger charge is 2.13. The summed E-state index contributed by atoms with van der Waals surface area (Å²) in [6.45, 7) is 0. The molecule has 8 heteroatoms. The molecule has 4 aromatic carbocycles. The van der Waals surface area contributed by atoms with Crippen LogP contribution in [0.5, 0.6) is 0 Å². The Labute approximate surface area is 221 Å². The SMILES string of the molecule is O=C(Nc1ccc(NC(=O)c2ccc(Cl)cc2Cl)cc1)c1ccc(-c2cc3ccccc3oc2=O)cc1. The Morgan fingerprint density at radius 2 is 1.35 bits per heavy atom. The lowest BCUT2D eigenvalue weighted by Crippen LogP contribution is -2.13. The molecule has 0 bridgehead atoms. The van der Waals surface area contributed by atoms with Crippen molar-refractivity contribution in [2.75, 3.05) is 10.6 Å². The van der Waals surface area contributed by atoms with E-state index in [1.807, 2.05) is 12.1 Å². The van der Waals surface area contributed by atoms with Crippen molar-refractivity contribution < 1.29 is 14.0 Å². The first-order valence-corrected chi connectivity index (χ1v) is 11.9. The molecular formula is C29H18Cl2N2O4. The number of hydrogen-bond donors (Lipinski definition) is 2. The van der Waals surface area contributed by atoms with Gasteiger partial charge in [0, 0.05) is 27.3 Å². The summed E-state index contributed by atoms with van der Waals surface area (Å²) in [6, 6.07) is 27.1. The van der Waals surface area contributed by atoms with E-state index >= 15 is 0 Å². The lowest BCUT2D eigenvalue weighted by atomic mass is 10.0. The number of anilines is 2. The second kappa shape index (κ2) is 10.3. The van der Waals surface area contributed by atoms with E-state index in [9.17, 15) is 14.4 Å². The zero-order chi connectivity index (χ0) is 25.9. The molecule has 37 heavy (non-hydrogen) atoms. The summed E-state index contributed by atoms with van der Waals surface area (Å²) in [4.78, 5) is 37.6. The third-order valence-corrected chi connectivity index (χ3v) is 6.22. The first-order valence-electron chi connectivity index (χ1n) is 11.2. The maximum absolute atomic E-state index is 12.7. The van der Waals surface area contributed by atoms with E-state index in [0.717, 1.165) is 5.39 Å². The molecule has 0 aliphatic carbocycles. The highest BCUT2D eigenvalue weighted by Crippen LogP contribution is 2.24. The van der Waals surface area contributed by atoms with E-state index in [4.69, 9.17) is 27.6 Å². The van der Waals surface area contributed by atoms with E-state index in [-0.39, 0.29) is 16.8 Å². The third kappa shape index (κ3) is 5.40. The first kappa shape index (κ1) is 24.3. The second-order valence-electron chi connectivity index (χ2n) is 8.17. The second-order valence-corrected chi connectivity index (χ2v) is 9.02. The molecular weight excluding hydrogens is 511 g/mol. The summed E-state index contributed by atoms with van der Waals surface area (Å²) in [5.41, 5.74) is 2.95. The molecule has 1 aromatic heterocycles. The lowest BCUT2D eigenvalue weighted by Gasteiger charge is -2.09. The van der Waals surface area contributed by atoms with E-state index in [2.05, 4.69) is 10.6 Å². The van der Waals surface area contributed by atoms with Gasteiger partial charge in [-0.3, -0.25) is 9.59 Å². The van der Waals surface area contributed by atoms with Gasteiger partial charge in [-0.25, -0.2) is 4.79 Å². The van der Waals surface area contributed by atoms with Crippen molar-refractivity contribution in [2.45, 2.75) is 0 Å². The maximum Gasteiger partial charge on any atom is 0.344 e. The van der Waals surface area contributed by atoms with Crippen LogP contribution in [0.25, 0.3) is 22.1 Å². The number of fused-ring (bicyclic) bond motifs is 1. The number of hydrogen-bond acceptors (Lipinski definition) is 4. The van der Waals surface area contributed by atoms with Crippen LogP contribution < -0.4 is 16.3 Å². The van der Waals surface area contributed by atoms with E-state index in [1.54, 1.807) is 78.9 Å². The largest absolute Gasteiger partial charge is 0.422 e. The van der Waals surface area contributed by atoms with Crippen molar-refractivity contribution in [3.63, 3.8) is 0 Å². The van der Waals surface area contributed by atoms with Gasteiger partial charge in [0.05, 0.1) is 16.1 Å². The summed E-state index contributed by atoms with van der Waals surface area (Å²) in [5.74, 6) is -0.694. The molecule has 182 valence electrons. The van der Waals surface area contributed by atoms with Crippen LogP contribution in [0.3, 0.4) is 0 Å². The minimum Gasteiger partial charge on any atom is -0.422 e. The smallest absolute Gasteiger partial charge is 0.344 e. The minimum absolute atomic E-state index is 0.251. The normalized spacial score (nSPS) is 10.8. The molecule has 0 radical (unpaired) electrons. The van der Waals surface area contributed by atoms with Crippen LogP contribution >= 0.6 is 23.2 Å². The molecule has 0 spiro atoms. The minimum atomic E-state index is -0.443. The van der Waals surface area contributed by atoms with Gasteiger partial charge in [0.2, 0.25) is 0 Å². The van der Waals surface area contributed by atoms with Crippen molar-refractivity contribution in [2.24, 2.45) is 0 Å². The third-order valence-electron chi connectivity index (χ3n) is 5.68. The van der Waals surface area contributed by atoms with Gasteiger partial charge in [0.25, 0.3) is 11.8 Å².